The molecule has 2 rings (SSSR count). The van der Waals surface area contributed by atoms with Gasteiger partial charge in [-0.1, -0.05) is 12.6 Å². The van der Waals surface area contributed by atoms with Crippen molar-refractivity contribution in [3.8, 4) is 0 Å². The molecule has 0 saturated heterocycles. The predicted octanol–water partition coefficient (Wildman–Crippen LogP) is 2.59. The number of fused-ring (bicyclic) bond motifs is 1. The molecular weight excluding hydrogens is 160 g/mol. The minimum Gasteiger partial charge on any atom is -0.303 e. The molecule has 0 unspecified atom stereocenters. The molecule has 0 aromatic carbocycles. The van der Waals surface area contributed by atoms with Crippen molar-refractivity contribution in [2.45, 2.75) is 13.8 Å². The molecular formula is C11H12N2. The summed E-state index contributed by atoms with van der Waals surface area (Å²) in [7, 11) is 0. The quantitative estimate of drug-likeness (QED) is 0.646. The smallest absolute Gasteiger partial charge is 0.137 e. The number of pyridine rings is 1. The Bertz CT molecular complexity index is 466. The van der Waals surface area contributed by atoms with Gasteiger partial charge in [0, 0.05) is 11.9 Å². The Kier molecular flexibility index (Phi) is 1.69. The minimum absolute atomic E-state index is 0.964. The number of rotatable bonds is 1. The van der Waals surface area contributed by atoms with Crippen LogP contribution < -0.4 is 0 Å². The molecule has 2 heteroatoms. The fourth-order valence-corrected chi connectivity index (χ4v) is 1.48. The van der Waals surface area contributed by atoms with Gasteiger partial charge in [-0.25, -0.2) is 4.98 Å². The zero-order valence-corrected chi connectivity index (χ0v) is 7.91. The van der Waals surface area contributed by atoms with Crippen molar-refractivity contribution in [2.24, 2.45) is 0 Å². The molecule has 0 amide bonds. The first-order valence-electron chi connectivity index (χ1n) is 4.30. The summed E-state index contributed by atoms with van der Waals surface area (Å²) in [6.45, 7) is 7.86. The third-order valence-electron chi connectivity index (χ3n) is 2.24. The van der Waals surface area contributed by atoms with Crippen molar-refractivity contribution in [3.63, 3.8) is 0 Å². The molecule has 2 heterocycles. The van der Waals surface area contributed by atoms with Gasteiger partial charge in [-0.15, -0.1) is 0 Å². The van der Waals surface area contributed by atoms with Gasteiger partial charge in [0.05, 0.1) is 5.69 Å². The van der Waals surface area contributed by atoms with E-state index < -0.39 is 0 Å². The molecule has 0 aliphatic heterocycles. The minimum atomic E-state index is 0.964. The molecule has 13 heavy (non-hydrogen) atoms. The second-order valence-electron chi connectivity index (χ2n) is 3.22. The van der Waals surface area contributed by atoms with E-state index in [0.29, 0.717) is 0 Å². The molecule has 0 aliphatic carbocycles. The summed E-state index contributed by atoms with van der Waals surface area (Å²) >= 11 is 0. The van der Waals surface area contributed by atoms with E-state index in [1.54, 1.807) is 6.08 Å². The second-order valence-corrected chi connectivity index (χ2v) is 3.22. The molecule has 0 bridgehead atoms. The van der Waals surface area contributed by atoms with Gasteiger partial charge in [-0.05, 0) is 31.6 Å². The Hall–Kier alpha value is -1.57. The summed E-state index contributed by atoms with van der Waals surface area (Å²) in [4.78, 5) is 4.42. The second kappa shape index (κ2) is 2.73. The number of nitrogens with zero attached hydrogens (tertiary/aromatic N) is 2. The maximum Gasteiger partial charge on any atom is 0.137 e. The van der Waals surface area contributed by atoms with E-state index in [9.17, 15) is 0 Å². The first kappa shape index (κ1) is 8.05. The van der Waals surface area contributed by atoms with E-state index in [0.717, 1.165) is 17.0 Å². The van der Waals surface area contributed by atoms with Gasteiger partial charge in [-0.3, -0.25) is 0 Å². The number of aromatic nitrogens is 2. The normalized spacial score (nSPS) is 10.6. The fraction of sp³-hybridized carbons (Fsp3) is 0.182. The van der Waals surface area contributed by atoms with Crippen molar-refractivity contribution >= 4 is 11.7 Å². The lowest BCUT2D eigenvalue weighted by Crippen LogP contribution is -1.87. The SMILES string of the molecule is C=Cc1nc2ccc(C)cn2c1C. The first-order chi connectivity index (χ1) is 6.22. The zero-order chi connectivity index (χ0) is 9.42. The van der Waals surface area contributed by atoms with E-state index in [2.05, 4.69) is 42.1 Å². The highest BCUT2D eigenvalue weighted by Gasteiger charge is 2.03. The van der Waals surface area contributed by atoms with Crippen LogP contribution in [0.5, 0.6) is 0 Å². The average Bonchev–Trinajstić information content (AvgIpc) is 2.44. The maximum atomic E-state index is 4.42. The van der Waals surface area contributed by atoms with Gasteiger partial charge < -0.3 is 4.40 Å². The van der Waals surface area contributed by atoms with Gasteiger partial charge >= 0.3 is 0 Å². The van der Waals surface area contributed by atoms with Gasteiger partial charge in [0.25, 0.3) is 0 Å². The van der Waals surface area contributed by atoms with Crippen LogP contribution in [0.4, 0.5) is 0 Å². The highest BCUT2D eigenvalue weighted by atomic mass is 15.0. The number of hydrogen-bond acceptors (Lipinski definition) is 1. The standard InChI is InChI=1S/C11H12N2/c1-4-10-9(3)13-7-8(2)5-6-11(13)12-10/h4-7H,1H2,2-3H3. The highest BCUT2D eigenvalue weighted by molar-refractivity contribution is 5.54. The Labute approximate surface area is 77.5 Å². The van der Waals surface area contributed by atoms with Crippen molar-refractivity contribution < 1.29 is 0 Å². The highest BCUT2D eigenvalue weighted by Crippen LogP contribution is 2.13. The molecule has 66 valence electrons. The van der Waals surface area contributed by atoms with Crippen molar-refractivity contribution in [2.75, 3.05) is 0 Å². The summed E-state index contributed by atoms with van der Waals surface area (Å²) in [5.74, 6) is 0. The van der Waals surface area contributed by atoms with Crippen LogP contribution in [-0.4, -0.2) is 9.38 Å². The van der Waals surface area contributed by atoms with Crippen LogP contribution in [0.15, 0.2) is 24.9 Å². The van der Waals surface area contributed by atoms with Crippen molar-refractivity contribution in [1.29, 1.82) is 0 Å². The molecule has 0 spiro atoms. The molecule has 0 N–H and O–H groups in total. The Balaban J connectivity index is 2.84. The number of imidazole rings is 1. The lowest BCUT2D eigenvalue weighted by molar-refractivity contribution is 1.09. The topological polar surface area (TPSA) is 17.3 Å². The molecule has 2 nitrogen and oxygen atoms in total. The number of hydrogen-bond donors (Lipinski definition) is 0. The van der Waals surface area contributed by atoms with Crippen LogP contribution in [-0.2, 0) is 0 Å². The molecule has 0 atom stereocenters. The molecule has 2 aromatic rings. The lowest BCUT2D eigenvalue weighted by atomic mass is 10.3. The van der Waals surface area contributed by atoms with Crippen LogP contribution in [0.1, 0.15) is 17.0 Å². The fourth-order valence-electron chi connectivity index (χ4n) is 1.48. The molecule has 0 saturated carbocycles. The zero-order valence-electron chi connectivity index (χ0n) is 7.91. The molecule has 0 aliphatic rings. The average molecular weight is 172 g/mol. The summed E-state index contributed by atoms with van der Waals surface area (Å²) < 4.78 is 2.09. The Morgan fingerprint density at radius 3 is 2.85 bits per heavy atom. The van der Waals surface area contributed by atoms with Crippen molar-refractivity contribution in [1.82, 2.24) is 9.38 Å². The third kappa shape index (κ3) is 1.15. The van der Waals surface area contributed by atoms with E-state index >= 15 is 0 Å². The first-order valence-corrected chi connectivity index (χ1v) is 4.30. The van der Waals surface area contributed by atoms with E-state index in [1.807, 2.05) is 6.07 Å². The van der Waals surface area contributed by atoms with E-state index in [-0.39, 0.29) is 0 Å². The van der Waals surface area contributed by atoms with Gasteiger partial charge in [-0.2, -0.15) is 0 Å². The van der Waals surface area contributed by atoms with Crippen LogP contribution in [0.3, 0.4) is 0 Å². The summed E-state index contributed by atoms with van der Waals surface area (Å²) in [6.07, 6.45) is 3.88. The van der Waals surface area contributed by atoms with E-state index in [4.69, 9.17) is 0 Å². The van der Waals surface area contributed by atoms with Gasteiger partial charge in [0.2, 0.25) is 0 Å². The summed E-state index contributed by atoms with van der Waals surface area (Å²) in [6, 6.07) is 4.09. The number of aryl methyl sites for hydroxylation is 2. The molecule has 0 fully saturated rings. The Morgan fingerprint density at radius 2 is 2.15 bits per heavy atom. The maximum absolute atomic E-state index is 4.42. The summed E-state index contributed by atoms with van der Waals surface area (Å²) in [5, 5.41) is 0. The van der Waals surface area contributed by atoms with Gasteiger partial charge in [0.15, 0.2) is 0 Å². The summed E-state index contributed by atoms with van der Waals surface area (Å²) in [5.41, 5.74) is 4.33. The molecule has 2 aromatic heterocycles. The lowest BCUT2D eigenvalue weighted by Gasteiger charge is -1.97. The largest absolute Gasteiger partial charge is 0.303 e. The third-order valence-corrected chi connectivity index (χ3v) is 2.24. The van der Waals surface area contributed by atoms with Crippen LogP contribution in [0.2, 0.25) is 0 Å². The van der Waals surface area contributed by atoms with E-state index in [1.165, 1.54) is 5.56 Å². The Morgan fingerprint density at radius 1 is 1.38 bits per heavy atom. The van der Waals surface area contributed by atoms with Crippen LogP contribution in [0.25, 0.3) is 11.7 Å². The molecule has 0 radical (unpaired) electrons. The van der Waals surface area contributed by atoms with Crippen molar-refractivity contribution in [3.05, 3.63) is 41.9 Å². The predicted molar refractivity (Wildman–Crippen MR) is 54.8 cm³/mol. The van der Waals surface area contributed by atoms with Crippen LogP contribution in [0, 0.1) is 13.8 Å². The van der Waals surface area contributed by atoms with Gasteiger partial charge in [0.1, 0.15) is 5.65 Å². The van der Waals surface area contributed by atoms with Crippen LogP contribution >= 0.6 is 0 Å². The monoisotopic (exact) mass is 172 g/mol.